The lowest BCUT2D eigenvalue weighted by atomic mass is 10.0. The molecule has 0 amide bonds. The Labute approximate surface area is 114 Å². The highest BCUT2D eigenvalue weighted by molar-refractivity contribution is 5.70. The molecule has 0 saturated carbocycles. The molecule has 0 aliphatic heterocycles. The number of carboxylic acids is 1. The lowest BCUT2D eigenvalue weighted by Crippen LogP contribution is -2.27. The third-order valence-corrected chi connectivity index (χ3v) is 3.62. The molecule has 19 heavy (non-hydrogen) atoms. The van der Waals surface area contributed by atoms with Crippen molar-refractivity contribution in [1.82, 2.24) is 5.32 Å². The molecular weight excluding hydrogens is 242 g/mol. The van der Waals surface area contributed by atoms with E-state index in [4.69, 9.17) is 9.84 Å². The fourth-order valence-electron chi connectivity index (χ4n) is 2.05. The van der Waals surface area contributed by atoms with E-state index in [0.717, 1.165) is 11.3 Å². The maximum Gasteiger partial charge on any atom is 0.307 e. The van der Waals surface area contributed by atoms with Gasteiger partial charge in [0.25, 0.3) is 0 Å². The molecule has 0 spiro atoms. The van der Waals surface area contributed by atoms with Crippen LogP contribution in [0.2, 0.25) is 0 Å². The SMILES string of the molecule is CCC(CNCc1ccc(OC)c(C)c1C)C(=O)O. The second-order valence-electron chi connectivity index (χ2n) is 4.75. The lowest BCUT2D eigenvalue weighted by Gasteiger charge is -2.15. The molecular formula is C15H23NO3. The first-order chi connectivity index (χ1) is 9.01. The van der Waals surface area contributed by atoms with E-state index in [1.54, 1.807) is 7.11 Å². The molecule has 106 valence electrons. The summed E-state index contributed by atoms with van der Waals surface area (Å²) < 4.78 is 5.27. The monoisotopic (exact) mass is 265 g/mol. The number of benzene rings is 1. The van der Waals surface area contributed by atoms with Crippen LogP contribution in [0.5, 0.6) is 5.75 Å². The van der Waals surface area contributed by atoms with Gasteiger partial charge in [-0.3, -0.25) is 4.79 Å². The summed E-state index contributed by atoms with van der Waals surface area (Å²) in [4.78, 5) is 10.9. The lowest BCUT2D eigenvalue weighted by molar-refractivity contribution is -0.141. The number of methoxy groups -OCH3 is 1. The van der Waals surface area contributed by atoms with Crippen LogP contribution in [-0.4, -0.2) is 24.7 Å². The molecule has 4 nitrogen and oxygen atoms in total. The van der Waals surface area contributed by atoms with Crippen LogP contribution in [0.1, 0.15) is 30.0 Å². The third-order valence-electron chi connectivity index (χ3n) is 3.62. The molecule has 0 fully saturated rings. The van der Waals surface area contributed by atoms with Crippen molar-refractivity contribution in [3.05, 3.63) is 28.8 Å². The van der Waals surface area contributed by atoms with Crippen LogP contribution in [0.4, 0.5) is 0 Å². The largest absolute Gasteiger partial charge is 0.496 e. The standard InChI is InChI=1S/C15H23NO3/c1-5-12(15(17)18)8-16-9-13-6-7-14(19-4)11(3)10(13)2/h6-7,12,16H,5,8-9H2,1-4H3,(H,17,18). The third kappa shape index (κ3) is 3.96. The first kappa shape index (κ1) is 15.5. The van der Waals surface area contributed by atoms with Gasteiger partial charge < -0.3 is 15.2 Å². The normalized spacial score (nSPS) is 12.2. The van der Waals surface area contributed by atoms with Gasteiger partial charge >= 0.3 is 5.97 Å². The van der Waals surface area contributed by atoms with Crippen LogP contribution in [0.3, 0.4) is 0 Å². The van der Waals surface area contributed by atoms with Crippen molar-refractivity contribution in [2.24, 2.45) is 5.92 Å². The molecule has 0 aliphatic rings. The Morgan fingerprint density at radius 1 is 1.37 bits per heavy atom. The second-order valence-corrected chi connectivity index (χ2v) is 4.75. The smallest absolute Gasteiger partial charge is 0.307 e. The van der Waals surface area contributed by atoms with E-state index in [2.05, 4.69) is 12.2 Å². The van der Waals surface area contributed by atoms with Crippen molar-refractivity contribution >= 4 is 5.97 Å². The average molecular weight is 265 g/mol. The molecule has 1 rings (SSSR count). The number of aliphatic carboxylic acids is 1. The molecule has 0 bridgehead atoms. The Hall–Kier alpha value is -1.55. The van der Waals surface area contributed by atoms with E-state index >= 15 is 0 Å². The van der Waals surface area contributed by atoms with Crippen LogP contribution in [-0.2, 0) is 11.3 Å². The molecule has 0 aliphatic carbocycles. The van der Waals surface area contributed by atoms with Crippen molar-refractivity contribution in [2.75, 3.05) is 13.7 Å². The number of nitrogens with one attached hydrogen (secondary N) is 1. The van der Waals surface area contributed by atoms with Crippen LogP contribution >= 0.6 is 0 Å². The number of hydrogen-bond acceptors (Lipinski definition) is 3. The van der Waals surface area contributed by atoms with Crippen molar-refractivity contribution in [2.45, 2.75) is 33.7 Å². The predicted molar refractivity (Wildman–Crippen MR) is 75.6 cm³/mol. The second kappa shape index (κ2) is 7.14. The minimum Gasteiger partial charge on any atom is -0.496 e. The number of carboxylic acid groups (broad SMARTS) is 1. The van der Waals surface area contributed by atoms with Crippen LogP contribution in [0.25, 0.3) is 0 Å². The molecule has 4 heteroatoms. The summed E-state index contributed by atoms with van der Waals surface area (Å²) in [6, 6.07) is 3.98. The van der Waals surface area contributed by atoms with E-state index in [9.17, 15) is 4.79 Å². The van der Waals surface area contributed by atoms with E-state index < -0.39 is 5.97 Å². The van der Waals surface area contributed by atoms with Crippen molar-refractivity contribution in [3.63, 3.8) is 0 Å². The summed E-state index contributed by atoms with van der Waals surface area (Å²) in [5, 5.41) is 12.2. The minimum atomic E-state index is -0.738. The van der Waals surface area contributed by atoms with Gasteiger partial charge in [-0.15, -0.1) is 0 Å². The number of carbonyl (C=O) groups is 1. The molecule has 0 aromatic heterocycles. The first-order valence-electron chi connectivity index (χ1n) is 6.57. The molecule has 0 heterocycles. The summed E-state index contributed by atoms with van der Waals surface area (Å²) in [7, 11) is 1.67. The zero-order valence-corrected chi connectivity index (χ0v) is 12.1. The Morgan fingerprint density at radius 3 is 2.58 bits per heavy atom. The van der Waals surface area contributed by atoms with E-state index in [1.807, 2.05) is 26.0 Å². The average Bonchev–Trinajstić information content (AvgIpc) is 2.39. The van der Waals surface area contributed by atoms with Gasteiger partial charge in [-0.05, 0) is 43.0 Å². The molecule has 2 N–H and O–H groups in total. The van der Waals surface area contributed by atoms with Crippen LogP contribution in [0.15, 0.2) is 12.1 Å². The van der Waals surface area contributed by atoms with Gasteiger partial charge in [0.05, 0.1) is 13.0 Å². The maximum absolute atomic E-state index is 10.9. The van der Waals surface area contributed by atoms with E-state index in [0.29, 0.717) is 19.5 Å². The van der Waals surface area contributed by atoms with Crippen molar-refractivity contribution < 1.29 is 14.6 Å². The van der Waals surface area contributed by atoms with Gasteiger partial charge in [0.1, 0.15) is 5.75 Å². The van der Waals surface area contributed by atoms with Crippen molar-refractivity contribution in [1.29, 1.82) is 0 Å². The Bertz CT molecular complexity index is 443. The summed E-state index contributed by atoms with van der Waals surface area (Å²) in [6.07, 6.45) is 0.642. The zero-order chi connectivity index (χ0) is 14.4. The summed E-state index contributed by atoms with van der Waals surface area (Å²) >= 11 is 0. The van der Waals surface area contributed by atoms with E-state index in [-0.39, 0.29) is 5.92 Å². The van der Waals surface area contributed by atoms with Gasteiger partial charge in [-0.1, -0.05) is 13.0 Å². The highest BCUT2D eigenvalue weighted by atomic mass is 16.5. The Morgan fingerprint density at radius 2 is 2.05 bits per heavy atom. The highest BCUT2D eigenvalue weighted by Gasteiger charge is 2.14. The van der Waals surface area contributed by atoms with E-state index in [1.165, 1.54) is 11.1 Å². The maximum atomic E-state index is 10.9. The van der Waals surface area contributed by atoms with Crippen LogP contribution in [0, 0.1) is 19.8 Å². The molecule has 0 saturated heterocycles. The molecule has 1 atom stereocenters. The molecule has 1 aromatic rings. The molecule has 1 unspecified atom stereocenters. The minimum absolute atomic E-state index is 0.320. The predicted octanol–water partition coefficient (Wildman–Crippen LogP) is 2.51. The van der Waals surface area contributed by atoms with Gasteiger partial charge in [0.2, 0.25) is 0 Å². The highest BCUT2D eigenvalue weighted by Crippen LogP contribution is 2.23. The van der Waals surface area contributed by atoms with Crippen molar-refractivity contribution in [3.8, 4) is 5.75 Å². The van der Waals surface area contributed by atoms with Crippen LogP contribution < -0.4 is 10.1 Å². The van der Waals surface area contributed by atoms with Gasteiger partial charge in [-0.25, -0.2) is 0 Å². The summed E-state index contributed by atoms with van der Waals surface area (Å²) in [5.41, 5.74) is 3.50. The summed E-state index contributed by atoms with van der Waals surface area (Å²) in [6.45, 7) is 7.16. The summed E-state index contributed by atoms with van der Waals surface area (Å²) in [5.74, 6) is -0.171. The van der Waals surface area contributed by atoms with Gasteiger partial charge in [0, 0.05) is 13.1 Å². The van der Waals surface area contributed by atoms with Gasteiger partial charge in [0.15, 0.2) is 0 Å². The molecule has 1 aromatic carbocycles. The fraction of sp³-hybridized carbons (Fsp3) is 0.533. The zero-order valence-electron chi connectivity index (χ0n) is 12.1. The Balaban J connectivity index is 2.64. The fourth-order valence-corrected chi connectivity index (χ4v) is 2.05. The number of hydrogen-bond donors (Lipinski definition) is 2. The number of ether oxygens (including phenoxy) is 1. The number of rotatable bonds is 7. The quantitative estimate of drug-likeness (QED) is 0.795. The van der Waals surface area contributed by atoms with Gasteiger partial charge in [-0.2, -0.15) is 0 Å². The first-order valence-corrected chi connectivity index (χ1v) is 6.57. The molecule has 0 radical (unpaired) electrons. The Kier molecular flexibility index (Phi) is 5.83. The topological polar surface area (TPSA) is 58.6 Å².